The van der Waals surface area contributed by atoms with E-state index >= 15 is 0 Å². The summed E-state index contributed by atoms with van der Waals surface area (Å²) in [7, 11) is 1.79. The van der Waals surface area contributed by atoms with Crippen molar-refractivity contribution in [3.63, 3.8) is 0 Å². The minimum Gasteiger partial charge on any atom is -0.463 e. The summed E-state index contributed by atoms with van der Waals surface area (Å²) in [5.41, 5.74) is -0.323. The molecule has 0 aliphatic carbocycles. The van der Waals surface area contributed by atoms with Crippen LogP contribution in [0, 0.1) is 0 Å². The number of fused-ring (bicyclic) bond motifs is 2. The third-order valence-corrected chi connectivity index (χ3v) is 6.52. The molecule has 31 heavy (non-hydrogen) atoms. The zero-order chi connectivity index (χ0) is 23.0. The Balaban J connectivity index is 1.77. The number of hydrogen-bond acceptors (Lipinski definition) is 3. The molecule has 1 unspecified atom stereocenters. The van der Waals surface area contributed by atoms with E-state index in [0.29, 0.717) is 28.1 Å². The summed E-state index contributed by atoms with van der Waals surface area (Å²) >= 11 is 11.9. The lowest BCUT2D eigenvalue weighted by Gasteiger charge is -2.45. The summed E-state index contributed by atoms with van der Waals surface area (Å²) in [6.07, 6.45) is -0.806. The number of carbonyl (C=O) groups is 1. The quantitative estimate of drug-likeness (QED) is 0.366. The molecule has 0 saturated heterocycles. The molecule has 0 radical (unpaired) electrons. The third kappa shape index (κ3) is 3.23. The fourth-order valence-electron chi connectivity index (χ4n) is 4.38. The number of carbonyl (C=O) groups excluding carboxylic acids is 1. The summed E-state index contributed by atoms with van der Waals surface area (Å²) in [6.45, 7) is 5.12. The van der Waals surface area contributed by atoms with Crippen molar-refractivity contribution >= 4 is 40.7 Å². The van der Waals surface area contributed by atoms with Crippen molar-refractivity contribution < 1.29 is 22.7 Å². The number of ether oxygens (including phenoxy) is 1. The van der Waals surface area contributed by atoms with E-state index in [0.717, 1.165) is 6.07 Å². The van der Waals surface area contributed by atoms with Gasteiger partial charge < -0.3 is 9.64 Å². The zero-order valence-electron chi connectivity index (χ0n) is 17.3. The number of likely N-dealkylation sites (N-methyl/N-ethyl adjacent to an activating group) is 1. The van der Waals surface area contributed by atoms with Crippen LogP contribution in [-0.4, -0.2) is 22.9 Å². The smallest absolute Gasteiger partial charge is 0.416 e. The van der Waals surface area contributed by atoms with Gasteiger partial charge in [0.15, 0.2) is 10.1 Å². The second kappa shape index (κ2) is 6.66. The molecule has 1 atom stereocenters. The number of halogens is 5. The average molecular weight is 470 g/mol. The monoisotopic (exact) mass is 469 g/mol. The van der Waals surface area contributed by atoms with Crippen molar-refractivity contribution in [2.75, 3.05) is 11.9 Å². The Morgan fingerprint density at radius 3 is 2.39 bits per heavy atom. The minimum atomic E-state index is -4.43. The van der Waals surface area contributed by atoms with Gasteiger partial charge in [0.1, 0.15) is 5.75 Å². The van der Waals surface area contributed by atoms with Crippen molar-refractivity contribution in [2.45, 2.75) is 42.4 Å². The molecule has 2 heterocycles. The van der Waals surface area contributed by atoms with Gasteiger partial charge in [-0.2, -0.15) is 13.2 Å². The van der Waals surface area contributed by atoms with Gasteiger partial charge in [0, 0.05) is 23.9 Å². The first-order valence-electron chi connectivity index (χ1n) is 9.59. The molecule has 0 bridgehead atoms. The van der Waals surface area contributed by atoms with E-state index in [1.165, 1.54) is 19.1 Å². The van der Waals surface area contributed by atoms with Crippen LogP contribution in [0.2, 0.25) is 0 Å². The Bertz CT molecular complexity index is 1120. The fourth-order valence-corrected chi connectivity index (χ4v) is 4.60. The molecule has 0 N–H and O–H groups in total. The zero-order valence-corrected chi connectivity index (χ0v) is 18.8. The lowest BCUT2D eigenvalue weighted by molar-refractivity contribution is -0.137. The van der Waals surface area contributed by atoms with Crippen LogP contribution >= 0.6 is 23.2 Å². The molecule has 4 rings (SSSR count). The van der Waals surface area contributed by atoms with Gasteiger partial charge in [-0.25, -0.2) is 0 Å². The van der Waals surface area contributed by atoms with Crippen LogP contribution in [0.4, 0.5) is 18.9 Å². The van der Waals surface area contributed by atoms with Gasteiger partial charge in [-0.1, -0.05) is 23.2 Å². The molecule has 164 valence electrons. The van der Waals surface area contributed by atoms with Gasteiger partial charge in [-0.3, -0.25) is 4.79 Å². The SMILES string of the molecule is CN1c2ccc(C(F)(F)F)cc2C(C)(C)C12C=Cc1cc(C(=O)C(C)(Cl)Cl)ccc1O2. The van der Waals surface area contributed by atoms with E-state index in [4.69, 9.17) is 27.9 Å². The highest BCUT2D eigenvalue weighted by Crippen LogP contribution is 2.55. The lowest BCUT2D eigenvalue weighted by atomic mass is 9.76. The van der Waals surface area contributed by atoms with E-state index < -0.39 is 33.0 Å². The lowest BCUT2D eigenvalue weighted by Crippen LogP contribution is -2.58. The standard InChI is InChI=1S/C23H20Cl2F3NO2/c1-20(2)16-12-15(23(26,27)28)6-7-17(16)29(4)22(20)10-9-13-11-14(5-8-18(13)31-22)19(30)21(3,24)25/h5-12H,1-4H3. The highest BCUT2D eigenvalue weighted by Gasteiger charge is 2.58. The first-order valence-corrected chi connectivity index (χ1v) is 10.3. The normalized spacial score (nSPS) is 21.6. The molecule has 0 aromatic heterocycles. The molecule has 2 aromatic rings. The Hall–Kier alpha value is -2.18. The summed E-state index contributed by atoms with van der Waals surface area (Å²) in [6, 6.07) is 8.62. The van der Waals surface area contributed by atoms with Gasteiger partial charge in [-0.05, 0) is 74.9 Å². The topological polar surface area (TPSA) is 29.5 Å². The Kier molecular flexibility index (Phi) is 4.73. The number of anilines is 1. The second-order valence-electron chi connectivity index (χ2n) is 8.52. The molecule has 2 aromatic carbocycles. The van der Waals surface area contributed by atoms with Gasteiger partial charge in [0.2, 0.25) is 5.72 Å². The number of nitrogens with zero attached hydrogens (tertiary/aromatic N) is 1. The molecule has 0 saturated carbocycles. The van der Waals surface area contributed by atoms with Crippen LogP contribution < -0.4 is 9.64 Å². The number of ketones is 1. The molecule has 2 aliphatic heterocycles. The van der Waals surface area contributed by atoms with Crippen LogP contribution in [-0.2, 0) is 11.6 Å². The first kappa shape index (κ1) is 22.0. The number of alkyl halides is 5. The first-order chi connectivity index (χ1) is 14.2. The third-order valence-electron chi connectivity index (χ3n) is 6.18. The Morgan fingerprint density at radius 1 is 1.10 bits per heavy atom. The van der Waals surface area contributed by atoms with Crippen molar-refractivity contribution in [1.82, 2.24) is 0 Å². The average Bonchev–Trinajstić information content (AvgIpc) is 2.84. The maximum atomic E-state index is 13.3. The second-order valence-corrected chi connectivity index (χ2v) is 10.2. The minimum absolute atomic E-state index is 0.340. The maximum absolute atomic E-state index is 13.3. The summed E-state index contributed by atoms with van der Waals surface area (Å²) in [5.74, 6) is 0.0754. The fraction of sp³-hybridized carbons (Fsp3) is 0.348. The van der Waals surface area contributed by atoms with E-state index in [2.05, 4.69) is 0 Å². The number of benzene rings is 2. The number of Topliss-reactive ketones (excluding diaryl/α,β-unsaturated/α-hetero) is 1. The summed E-state index contributed by atoms with van der Waals surface area (Å²) < 4.78 is 44.8. The maximum Gasteiger partial charge on any atom is 0.416 e. The van der Waals surface area contributed by atoms with Crippen LogP contribution in [0.5, 0.6) is 5.75 Å². The number of hydrogen-bond donors (Lipinski definition) is 0. The van der Waals surface area contributed by atoms with Crippen molar-refractivity contribution in [3.8, 4) is 5.75 Å². The van der Waals surface area contributed by atoms with Gasteiger partial charge in [0.25, 0.3) is 0 Å². The van der Waals surface area contributed by atoms with Crippen molar-refractivity contribution in [2.24, 2.45) is 0 Å². The Morgan fingerprint density at radius 2 is 1.77 bits per heavy atom. The van der Waals surface area contributed by atoms with Crippen LogP contribution in [0.1, 0.15) is 47.8 Å². The molecule has 8 heteroatoms. The predicted octanol–water partition coefficient (Wildman–Crippen LogP) is 6.61. The van der Waals surface area contributed by atoms with Gasteiger partial charge >= 0.3 is 6.18 Å². The van der Waals surface area contributed by atoms with Crippen LogP contribution in [0.15, 0.2) is 42.5 Å². The molecule has 1 spiro atoms. The summed E-state index contributed by atoms with van der Waals surface area (Å²) in [4.78, 5) is 14.2. The van der Waals surface area contributed by atoms with E-state index in [1.807, 2.05) is 30.9 Å². The molecule has 2 aliphatic rings. The van der Waals surface area contributed by atoms with Gasteiger partial charge in [0.05, 0.1) is 11.0 Å². The van der Waals surface area contributed by atoms with Crippen LogP contribution in [0.25, 0.3) is 6.08 Å². The molecule has 0 amide bonds. The highest BCUT2D eigenvalue weighted by atomic mass is 35.5. The number of rotatable bonds is 2. The van der Waals surface area contributed by atoms with Crippen molar-refractivity contribution in [1.29, 1.82) is 0 Å². The van der Waals surface area contributed by atoms with E-state index in [9.17, 15) is 18.0 Å². The largest absolute Gasteiger partial charge is 0.463 e. The van der Waals surface area contributed by atoms with Crippen LogP contribution in [0.3, 0.4) is 0 Å². The summed E-state index contributed by atoms with van der Waals surface area (Å²) in [5, 5.41) is 0. The molecular formula is C23H20Cl2F3NO2. The van der Waals surface area contributed by atoms with E-state index in [-0.39, 0.29) is 0 Å². The molecule has 3 nitrogen and oxygen atoms in total. The van der Waals surface area contributed by atoms with Gasteiger partial charge in [-0.15, -0.1) is 0 Å². The Labute approximate surface area is 188 Å². The molecule has 0 fully saturated rings. The van der Waals surface area contributed by atoms with Crippen molar-refractivity contribution in [3.05, 3.63) is 64.7 Å². The predicted molar refractivity (Wildman–Crippen MR) is 116 cm³/mol. The van der Waals surface area contributed by atoms with E-state index in [1.54, 1.807) is 25.2 Å². The highest BCUT2D eigenvalue weighted by molar-refractivity contribution is 6.59. The molecular weight excluding hydrogens is 450 g/mol.